The molecule has 1 aromatic rings. The lowest BCUT2D eigenvalue weighted by Gasteiger charge is -2.02. The molecule has 0 atom stereocenters. The lowest BCUT2D eigenvalue weighted by molar-refractivity contribution is 0.213. The van der Waals surface area contributed by atoms with E-state index in [0.717, 1.165) is 17.7 Å². The van der Waals surface area contributed by atoms with Gasteiger partial charge in [-0.15, -0.1) is 0 Å². The summed E-state index contributed by atoms with van der Waals surface area (Å²) in [5.74, 6) is 0. The van der Waals surface area contributed by atoms with Crippen molar-refractivity contribution in [3.8, 4) is 0 Å². The van der Waals surface area contributed by atoms with Crippen LogP contribution >= 0.6 is 0 Å². The number of oxime groups is 1. The third kappa shape index (κ3) is 3.74. The van der Waals surface area contributed by atoms with E-state index in [4.69, 9.17) is 4.84 Å². The SMILES string of the molecule is CCCCc1ccc(/C(C)=N\OC)cc1. The minimum atomic E-state index is 0.916. The van der Waals surface area contributed by atoms with Gasteiger partial charge in [-0.1, -0.05) is 42.8 Å². The summed E-state index contributed by atoms with van der Waals surface area (Å²) >= 11 is 0. The fourth-order valence-corrected chi connectivity index (χ4v) is 1.48. The van der Waals surface area contributed by atoms with Crippen molar-refractivity contribution in [3.63, 3.8) is 0 Å². The lowest BCUT2D eigenvalue weighted by Crippen LogP contribution is -1.95. The lowest BCUT2D eigenvalue weighted by atomic mass is 10.0. The maximum atomic E-state index is 4.74. The average Bonchev–Trinajstić information content (AvgIpc) is 2.27. The predicted octanol–water partition coefficient (Wildman–Crippen LogP) is 3.40. The molecular weight excluding hydrogens is 186 g/mol. The van der Waals surface area contributed by atoms with Gasteiger partial charge in [0, 0.05) is 0 Å². The Bertz CT molecular complexity index is 314. The zero-order valence-electron chi connectivity index (χ0n) is 9.79. The number of benzene rings is 1. The molecule has 0 unspecified atom stereocenters. The number of rotatable bonds is 5. The summed E-state index contributed by atoms with van der Waals surface area (Å²) in [7, 11) is 1.57. The molecule has 2 heteroatoms. The predicted molar refractivity (Wildman–Crippen MR) is 64.3 cm³/mol. The van der Waals surface area contributed by atoms with Gasteiger partial charge in [0.15, 0.2) is 0 Å². The fourth-order valence-electron chi connectivity index (χ4n) is 1.48. The van der Waals surface area contributed by atoms with E-state index in [9.17, 15) is 0 Å². The normalized spacial score (nSPS) is 11.5. The van der Waals surface area contributed by atoms with Crippen molar-refractivity contribution in [1.82, 2.24) is 0 Å². The second-order valence-electron chi connectivity index (χ2n) is 3.66. The molecule has 1 aromatic carbocycles. The van der Waals surface area contributed by atoms with E-state index in [1.165, 1.54) is 18.4 Å². The van der Waals surface area contributed by atoms with Gasteiger partial charge in [-0.05, 0) is 30.9 Å². The standard InChI is InChI=1S/C13H19NO/c1-4-5-6-12-7-9-13(10-8-12)11(2)14-15-3/h7-10H,4-6H2,1-3H3/b14-11-. The third-order valence-corrected chi connectivity index (χ3v) is 2.42. The minimum absolute atomic E-state index is 0.916. The highest BCUT2D eigenvalue weighted by atomic mass is 16.6. The van der Waals surface area contributed by atoms with Crippen molar-refractivity contribution in [3.05, 3.63) is 35.4 Å². The van der Waals surface area contributed by atoms with Gasteiger partial charge in [-0.3, -0.25) is 0 Å². The molecule has 0 aliphatic carbocycles. The van der Waals surface area contributed by atoms with Crippen LogP contribution in [0.25, 0.3) is 0 Å². The van der Waals surface area contributed by atoms with Crippen molar-refractivity contribution >= 4 is 5.71 Å². The maximum Gasteiger partial charge on any atom is 0.106 e. The van der Waals surface area contributed by atoms with Crippen LogP contribution in [-0.2, 0) is 11.3 Å². The molecule has 0 saturated heterocycles. The molecule has 0 heterocycles. The van der Waals surface area contributed by atoms with Gasteiger partial charge in [-0.25, -0.2) is 0 Å². The Morgan fingerprint density at radius 2 is 1.93 bits per heavy atom. The summed E-state index contributed by atoms with van der Waals surface area (Å²) in [6, 6.07) is 8.53. The van der Waals surface area contributed by atoms with Crippen LogP contribution in [0.1, 0.15) is 37.8 Å². The average molecular weight is 205 g/mol. The fraction of sp³-hybridized carbons (Fsp3) is 0.462. The van der Waals surface area contributed by atoms with Gasteiger partial charge in [0.25, 0.3) is 0 Å². The van der Waals surface area contributed by atoms with Gasteiger partial charge >= 0.3 is 0 Å². The summed E-state index contributed by atoms with van der Waals surface area (Å²) in [6.45, 7) is 4.16. The van der Waals surface area contributed by atoms with Crippen molar-refractivity contribution in [2.45, 2.75) is 33.1 Å². The monoisotopic (exact) mass is 205 g/mol. The van der Waals surface area contributed by atoms with Crippen LogP contribution in [0.4, 0.5) is 0 Å². The molecule has 0 radical (unpaired) electrons. The summed E-state index contributed by atoms with van der Waals surface area (Å²) < 4.78 is 0. The molecule has 0 N–H and O–H groups in total. The smallest absolute Gasteiger partial charge is 0.106 e. The zero-order valence-corrected chi connectivity index (χ0v) is 9.79. The highest BCUT2D eigenvalue weighted by molar-refractivity contribution is 5.98. The quantitative estimate of drug-likeness (QED) is 0.533. The molecule has 15 heavy (non-hydrogen) atoms. The van der Waals surface area contributed by atoms with Crippen molar-refractivity contribution in [2.75, 3.05) is 7.11 Å². The minimum Gasteiger partial charge on any atom is -0.399 e. The second-order valence-corrected chi connectivity index (χ2v) is 3.66. The summed E-state index contributed by atoms with van der Waals surface area (Å²) in [4.78, 5) is 4.74. The summed E-state index contributed by atoms with van der Waals surface area (Å²) in [5, 5.41) is 3.90. The number of unbranched alkanes of at least 4 members (excludes halogenated alkanes) is 1. The zero-order chi connectivity index (χ0) is 11.1. The first kappa shape index (κ1) is 11.8. The molecule has 1 rings (SSSR count). The Labute approximate surface area is 91.9 Å². The summed E-state index contributed by atoms with van der Waals surface area (Å²) in [5.41, 5.74) is 3.43. The van der Waals surface area contributed by atoms with E-state index < -0.39 is 0 Å². The Balaban J connectivity index is 2.67. The Morgan fingerprint density at radius 1 is 1.27 bits per heavy atom. The van der Waals surface area contributed by atoms with E-state index in [1.807, 2.05) is 6.92 Å². The van der Waals surface area contributed by atoms with Crippen LogP contribution in [0.3, 0.4) is 0 Å². The van der Waals surface area contributed by atoms with Gasteiger partial charge in [0.2, 0.25) is 0 Å². The molecular formula is C13H19NO. The molecule has 2 nitrogen and oxygen atoms in total. The second kappa shape index (κ2) is 6.23. The molecule has 0 amide bonds. The van der Waals surface area contributed by atoms with Crippen molar-refractivity contribution in [2.24, 2.45) is 5.16 Å². The molecule has 82 valence electrons. The molecule has 0 aromatic heterocycles. The maximum absolute atomic E-state index is 4.74. The number of nitrogens with zero attached hydrogens (tertiary/aromatic N) is 1. The first-order valence-electron chi connectivity index (χ1n) is 5.45. The molecule has 0 aliphatic rings. The molecule has 0 saturated carbocycles. The largest absolute Gasteiger partial charge is 0.399 e. The Morgan fingerprint density at radius 3 is 2.47 bits per heavy atom. The number of aryl methyl sites for hydroxylation is 1. The van der Waals surface area contributed by atoms with Gasteiger partial charge in [0.1, 0.15) is 7.11 Å². The van der Waals surface area contributed by atoms with Gasteiger partial charge < -0.3 is 4.84 Å². The molecule has 0 spiro atoms. The van der Waals surface area contributed by atoms with Crippen LogP contribution in [0, 0.1) is 0 Å². The van der Waals surface area contributed by atoms with E-state index >= 15 is 0 Å². The van der Waals surface area contributed by atoms with Crippen LogP contribution in [0.2, 0.25) is 0 Å². The van der Waals surface area contributed by atoms with Crippen LogP contribution in [0.5, 0.6) is 0 Å². The van der Waals surface area contributed by atoms with Crippen LogP contribution in [-0.4, -0.2) is 12.8 Å². The van der Waals surface area contributed by atoms with Crippen LogP contribution in [0.15, 0.2) is 29.4 Å². The van der Waals surface area contributed by atoms with Crippen molar-refractivity contribution in [1.29, 1.82) is 0 Å². The molecule has 0 aliphatic heterocycles. The highest BCUT2D eigenvalue weighted by Crippen LogP contribution is 2.08. The van der Waals surface area contributed by atoms with E-state index in [2.05, 4.69) is 36.3 Å². The molecule has 0 fully saturated rings. The van der Waals surface area contributed by atoms with Gasteiger partial charge in [0.05, 0.1) is 5.71 Å². The topological polar surface area (TPSA) is 21.6 Å². The van der Waals surface area contributed by atoms with E-state index in [1.54, 1.807) is 7.11 Å². The number of hydrogen-bond donors (Lipinski definition) is 0. The Hall–Kier alpha value is -1.31. The first-order chi connectivity index (χ1) is 7.27. The summed E-state index contributed by atoms with van der Waals surface area (Å²) in [6.07, 6.45) is 3.66. The van der Waals surface area contributed by atoms with Crippen LogP contribution < -0.4 is 0 Å². The highest BCUT2D eigenvalue weighted by Gasteiger charge is 1.98. The number of hydrogen-bond acceptors (Lipinski definition) is 2. The van der Waals surface area contributed by atoms with E-state index in [0.29, 0.717) is 0 Å². The first-order valence-corrected chi connectivity index (χ1v) is 5.45. The third-order valence-electron chi connectivity index (χ3n) is 2.42. The van der Waals surface area contributed by atoms with Gasteiger partial charge in [-0.2, -0.15) is 0 Å². The van der Waals surface area contributed by atoms with E-state index in [-0.39, 0.29) is 0 Å². The van der Waals surface area contributed by atoms with Crippen molar-refractivity contribution < 1.29 is 4.84 Å². The molecule has 0 bridgehead atoms. The Kier molecular flexibility index (Phi) is 4.88.